The van der Waals surface area contributed by atoms with Crippen LogP contribution in [0.3, 0.4) is 0 Å². The quantitative estimate of drug-likeness (QED) is 0.843. The summed E-state index contributed by atoms with van der Waals surface area (Å²) >= 11 is 0. The zero-order valence-corrected chi connectivity index (χ0v) is 14.7. The topological polar surface area (TPSA) is 55.2 Å². The molecule has 6 heteroatoms. The van der Waals surface area contributed by atoms with E-state index in [9.17, 15) is 8.42 Å². The van der Waals surface area contributed by atoms with Crippen LogP contribution < -0.4 is 4.90 Å². The highest BCUT2D eigenvalue weighted by Gasteiger charge is 2.21. The van der Waals surface area contributed by atoms with Crippen molar-refractivity contribution in [3.63, 3.8) is 0 Å². The highest BCUT2D eigenvalue weighted by atomic mass is 32.2. The molecule has 0 N–H and O–H groups in total. The van der Waals surface area contributed by atoms with E-state index in [1.54, 1.807) is 0 Å². The van der Waals surface area contributed by atoms with Crippen LogP contribution in [0.4, 0.5) is 5.69 Å². The number of hydrogen-bond donors (Lipinski definition) is 0. The average Bonchev–Trinajstić information content (AvgIpc) is 2.89. The fourth-order valence-corrected chi connectivity index (χ4v) is 4.23. The lowest BCUT2D eigenvalue weighted by Crippen LogP contribution is -2.34. The summed E-state index contributed by atoms with van der Waals surface area (Å²) in [5.41, 5.74) is 3.50. The van der Waals surface area contributed by atoms with Gasteiger partial charge in [0.05, 0.1) is 23.0 Å². The van der Waals surface area contributed by atoms with Crippen LogP contribution in [0, 0.1) is 5.92 Å². The Labute approximate surface area is 138 Å². The van der Waals surface area contributed by atoms with Crippen molar-refractivity contribution in [3.05, 3.63) is 24.5 Å². The second kappa shape index (κ2) is 6.51. The standard InChI is InChI=1S/C17H25N3O2S/c1-19-13-18-15-6-3-7-16(17(15)19)20-10-8-14(9-11-20)5-4-12-23(2,21)22/h3,6-7,13-14H,4-5,8-12H2,1-2H3. The fraction of sp³-hybridized carbons (Fsp3) is 0.588. The number of fused-ring (bicyclic) bond motifs is 1. The van der Waals surface area contributed by atoms with Crippen LogP contribution in [0.15, 0.2) is 24.5 Å². The Morgan fingerprint density at radius 3 is 2.70 bits per heavy atom. The minimum Gasteiger partial charge on any atom is -0.370 e. The molecule has 1 aromatic carbocycles. The summed E-state index contributed by atoms with van der Waals surface area (Å²) in [4.78, 5) is 6.87. The Bertz CT molecular complexity index is 774. The lowest BCUT2D eigenvalue weighted by Gasteiger charge is -2.34. The van der Waals surface area contributed by atoms with Crippen molar-refractivity contribution in [2.45, 2.75) is 25.7 Å². The summed E-state index contributed by atoms with van der Waals surface area (Å²) in [6, 6.07) is 6.30. The van der Waals surface area contributed by atoms with E-state index in [1.165, 1.54) is 17.5 Å². The van der Waals surface area contributed by atoms with Crippen LogP contribution in [-0.4, -0.2) is 43.1 Å². The summed E-state index contributed by atoms with van der Waals surface area (Å²) in [5.74, 6) is 0.973. The van der Waals surface area contributed by atoms with Gasteiger partial charge in [-0.2, -0.15) is 0 Å². The Kier molecular flexibility index (Phi) is 4.62. The Hall–Kier alpha value is -1.56. The molecule has 5 nitrogen and oxygen atoms in total. The molecule has 0 bridgehead atoms. The number of sulfone groups is 1. The van der Waals surface area contributed by atoms with E-state index in [0.717, 1.165) is 44.3 Å². The van der Waals surface area contributed by atoms with Crippen molar-refractivity contribution in [2.75, 3.05) is 30.0 Å². The molecule has 0 radical (unpaired) electrons. The molecule has 1 saturated heterocycles. The van der Waals surface area contributed by atoms with Crippen LogP contribution >= 0.6 is 0 Å². The normalized spacial score (nSPS) is 17.0. The van der Waals surface area contributed by atoms with Crippen molar-refractivity contribution in [1.82, 2.24) is 9.55 Å². The fourth-order valence-electron chi connectivity index (χ4n) is 3.54. The molecule has 1 fully saturated rings. The summed E-state index contributed by atoms with van der Waals surface area (Å²) in [6.07, 6.45) is 7.28. The first-order valence-electron chi connectivity index (χ1n) is 8.27. The minimum absolute atomic E-state index is 0.321. The van der Waals surface area contributed by atoms with Gasteiger partial charge in [0.2, 0.25) is 0 Å². The first-order chi connectivity index (χ1) is 10.9. The second-order valence-electron chi connectivity index (χ2n) is 6.70. The van der Waals surface area contributed by atoms with Crippen molar-refractivity contribution in [1.29, 1.82) is 0 Å². The summed E-state index contributed by atoms with van der Waals surface area (Å²) in [7, 11) is -0.783. The van der Waals surface area contributed by atoms with Gasteiger partial charge in [0.1, 0.15) is 9.84 Å². The monoisotopic (exact) mass is 335 g/mol. The van der Waals surface area contributed by atoms with Crippen molar-refractivity contribution < 1.29 is 8.42 Å². The Balaban J connectivity index is 1.61. The average molecular weight is 335 g/mol. The van der Waals surface area contributed by atoms with E-state index in [4.69, 9.17) is 0 Å². The molecular weight excluding hydrogens is 310 g/mol. The molecule has 1 aliphatic rings. The molecule has 0 spiro atoms. The van der Waals surface area contributed by atoms with E-state index in [2.05, 4.69) is 32.7 Å². The van der Waals surface area contributed by atoms with Crippen LogP contribution in [0.25, 0.3) is 11.0 Å². The van der Waals surface area contributed by atoms with E-state index >= 15 is 0 Å². The third-order valence-electron chi connectivity index (χ3n) is 4.80. The van der Waals surface area contributed by atoms with Gasteiger partial charge in [-0.3, -0.25) is 0 Å². The van der Waals surface area contributed by atoms with E-state index < -0.39 is 9.84 Å². The predicted octanol–water partition coefficient (Wildman–Crippen LogP) is 2.61. The highest BCUT2D eigenvalue weighted by molar-refractivity contribution is 7.90. The van der Waals surface area contributed by atoms with Crippen molar-refractivity contribution in [3.8, 4) is 0 Å². The number of anilines is 1. The molecule has 0 atom stereocenters. The molecule has 0 saturated carbocycles. The third kappa shape index (κ3) is 3.86. The maximum Gasteiger partial charge on any atom is 0.147 e. The highest BCUT2D eigenvalue weighted by Crippen LogP contribution is 2.30. The van der Waals surface area contributed by atoms with Crippen molar-refractivity contribution in [2.24, 2.45) is 13.0 Å². The lowest BCUT2D eigenvalue weighted by atomic mass is 9.92. The number of hydrogen-bond acceptors (Lipinski definition) is 4. The van der Waals surface area contributed by atoms with Gasteiger partial charge in [-0.05, 0) is 43.7 Å². The summed E-state index contributed by atoms with van der Waals surface area (Å²) in [5, 5.41) is 0. The molecule has 1 aliphatic heterocycles. The molecule has 2 heterocycles. The van der Waals surface area contributed by atoms with Gasteiger partial charge >= 0.3 is 0 Å². The maximum absolute atomic E-state index is 11.2. The Morgan fingerprint density at radius 1 is 1.26 bits per heavy atom. The van der Waals surface area contributed by atoms with Crippen LogP contribution in [-0.2, 0) is 16.9 Å². The van der Waals surface area contributed by atoms with Gasteiger partial charge in [0.15, 0.2) is 0 Å². The largest absolute Gasteiger partial charge is 0.370 e. The van der Waals surface area contributed by atoms with Gasteiger partial charge in [0.25, 0.3) is 0 Å². The predicted molar refractivity (Wildman–Crippen MR) is 94.6 cm³/mol. The number of rotatable bonds is 5. The SMILES string of the molecule is Cn1cnc2cccc(N3CCC(CCCS(C)(=O)=O)CC3)c21. The molecule has 0 amide bonds. The zero-order valence-electron chi connectivity index (χ0n) is 13.9. The third-order valence-corrected chi connectivity index (χ3v) is 5.83. The molecule has 1 aromatic heterocycles. The molecule has 126 valence electrons. The van der Waals surface area contributed by atoms with E-state index in [-0.39, 0.29) is 0 Å². The van der Waals surface area contributed by atoms with Crippen LogP contribution in [0.1, 0.15) is 25.7 Å². The molecule has 3 rings (SSSR count). The maximum atomic E-state index is 11.2. The smallest absolute Gasteiger partial charge is 0.147 e. The van der Waals surface area contributed by atoms with Gasteiger partial charge in [-0.25, -0.2) is 13.4 Å². The van der Waals surface area contributed by atoms with Gasteiger partial charge in [-0.1, -0.05) is 6.07 Å². The first-order valence-corrected chi connectivity index (χ1v) is 10.3. The first kappa shape index (κ1) is 16.3. The zero-order chi connectivity index (χ0) is 16.4. The van der Waals surface area contributed by atoms with Crippen LogP contribution in [0.5, 0.6) is 0 Å². The Morgan fingerprint density at radius 2 is 2.00 bits per heavy atom. The number of benzene rings is 1. The molecular formula is C17H25N3O2S. The number of nitrogens with zero attached hydrogens (tertiary/aromatic N) is 3. The second-order valence-corrected chi connectivity index (χ2v) is 8.96. The molecule has 0 unspecified atom stereocenters. The van der Waals surface area contributed by atoms with Gasteiger partial charge in [0, 0.05) is 32.1 Å². The van der Waals surface area contributed by atoms with Gasteiger partial charge in [-0.15, -0.1) is 0 Å². The number of aromatic nitrogens is 2. The molecule has 2 aromatic rings. The van der Waals surface area contributed by atoms with Crippen LogP contribution in [0.2, 0.25) is 0 Å². The lowest BCUT2D eigenvalue weighted by molar-refractivity contribution is 0.379. The summed E-state index contributed by atoms with van der Waals surface area (Å²) in [6.45, 7) is 2.07. The number of piperidine rings is 1. The van der Waals surface area contributed by atoms with E-state index in [0.29, 0.717) is 11.7 Å². The minimum atomic E-state index is -2.82. The number of aryl methyl sites for hydroxylation is 1. The van der Waals surface area contributed by atoms with E-state index in [1.807, 2.05) is 13.4 Å². The van der Waals surface area contributed by atoms with Gasteiger partial charge < -0.3 is 9.47 Å². The number of para-hydroxylation sites is 1. The van der Waals surface area contributed by atoms with Crippen molar-refractivity contribution >= 4 is 26.6 Å². The molecule has 0 aliphatic carbocycles. The summed E-state index contributed by atoms with van der Waals surface area (Å²) < 4.78 is 24.5. The number of imidazole rings is 1. The molecule has 23 heavy (non-hydrogen) atoms.